The summed E-state index contributed by atoms with van der Waals surface area (Å²) < 4.78 is 0.676. The third-order valence-electron chi connectivity index (χ3n) is 3.16. The first-order valence-electron chi connectivity index (χ1n) is 6.18. The molecule has 0 amide bonds. The molecule has 1 aliphatic carbocycles. The van der Waals surface area contributed by atoms with Gasteiger partial charge in [0, 0.05) is 0 Å². The van der Waals surface area contributed by atoms with Gasteiger partial charge in [-0.3, -0.25) is 9.63 Å². The van der Waals surface area contributed by atoms with E-state index >= 15 is 0 Å². The number of H-pyrrole nitrogens is 1. The first-order valence-corrected chi connectivity index (χ1v) is 7.06. The number of nitrogens with one attached hydrogen (secondary N) is 2. The molecule has 6 heteroatoms. The van der Waals surface area contributed by atoms with E-state index in [1.54, 1.807) is 0 Å². The van der Waals surface area contributed by atoms with Crippen molar-refractivity contribution in [2.24, 2.45) is 0 Å². The molecule has 3 rings (SSSR count). The Morgan fingerprint density at radius 3 is 3.17 bits per heavy atom. The summed E-state index contributed by atoms with van der Waals surface area (Å²) in [4.78, 5) is 24.4. The summed E-state index contributed by atoms with van der Waals surface area (Å²) in [5.74, 6) is 0.615. The van der Waals surface area contributed by atoms with Gasteiger partial charge >= 0.3 is 0 Å². The number of nitrogens with zero attached hydrogens (tertiary/aromatic N) is 1. The average molecular weight is 265 g/mol. The lowest BCUT2D eigenvalue weighted by molar-refractivity contribution is -0.0254. The van der Waals surface area contributed by atoms with Crippen molar-refractivity contribution < 1.29 is 4.84 Å². The molecular formula is C12H15N3O2S. The van der Waals surface area contributed by atoms with Crippen LogP contribution in [0.2, 0.25) is 0 Å². The van der Waals surface area contributed by atoms with Crippen LogP contribution >= 0.6 is 11.3 Å². The van der Waals surface area contributed by atoms with E-state index in [0.717, 1.165) is 18.4 Å². The van der Waals surface area contributed by atoms with Crippen LogP contribution in [0.1, 0.15) is 31.5 Å². The highest BCUT2D eigenvalue weighted by Gasteiger charge is 2.15. The number of hydrogen-bond acceptors (Lipinski definition) is 5. The van der Waals surface area contributed by atoms with Crippen LogP contribution < -0.4 is 11.0 Å². The van der Waals surface area contributed by atoms with E-state index in [0.29, 0.717) is 23.2 Å². The predicted molar refractivity (Wildman–Crippen MR) is 70.4 cm³/mol. The SMILES string of the molecule is O=c1[nH]c(CNOC2CCCC2)nc2ccsc12. The molecule has 0 unspecified atom stereocenters. The third kappa shape index (κ3) is 2.45. The number of aromatic nitrogens is 2. The Hall–Kier alpha value is -1.24. The molecule has 0 bridgehead atoms. The van der Waals surface area contributed by atoms with Crippen molar-refractivity contribution >= 4 is 21.6 Å². The Kier molecular flexibility index (Phi) is 3.40. The van der Waals surface area contributed by atoms with Gasteiger partial charge in [-0.05, 0) is 24.3 Å². The van der Waals surface area contributed by atoms with Crippen LogP contribution in [0.5, 0.6) is 0 Å². The molecule has 2 N–H and O–H groups in total. The van der Waals surface area contributed by atoms with Crippen molar-refractivity contribution in [1.29, 1.82) is 0 Å². The van der Waals surface area contributed by atoms with Crippen molar-refractivity contribution in [3.63, 3.8) is 0 Å². The van der Waals surface area contributed by atoms with Crippen LogP contribution in [0, 0.1) is 0 Å². The number of fused-ring (bicyclic) bond motifs is 1. The summed E-state index contributed by atoms with van der Waals surface area (Å²) in [7, 11) is 0. The summed E-state index contributed by atoms with van der Waals surface area (Å²) in [6.45, 7) is 0.428. The minimum absolute atomic E-state index is 0.0762. The molecule has 18 heavy (non-hydrogen) atoms. The first kappa shape index (κ1) is 11.8. The highest BCUT2D eigenvalue weighted by molar-refractivity contribution is 7.17. The molecule has 0 aliphatic heterocycles. The Morgan fingerprint density at radius 2 is 2.33 bits per heavy atom. The zero-order chi connectivity index (χ0) is 12.4. The number of thiophene rings is 1. The van der Waals surface area contributed by atoms with Crippen LogP contribution in [0.15, 0.2) is 16.2 Å². The highest BCUT2D eigenvalue weighted by atomic mass is 32.1. The highest BCUT2D eigenvalue weighted by Crippen LogP contribution is 2.20. The monoisotopic (exact) mass is 265 g/mol. The van der Waals surface area contributed by atoms with Crippen molar-refractivity contribution in [3.8, 4) is 0 Å². The Balaban J connectivity index is 1.65. The maximum atomic E-state index is 11.7. The van der Waals surface area contributed by atoms with Crippen molar-refractivity contribution in [2.45, 2.75) is 38.3 Å². The molecule has 0 aromatic carbocycles. The molecule has 2 aromatic rings. The van der Waals surface area contributed by atoms with Crippen LogP contribution in [0.4, 0.5) is 0 Å². The van der Waals surface area contributed by atoms with E-state index in [9.17, 15) is 4.79 Å². The van der Waals surface area contributed by atoms with E-state index < -0.39 is 0 Å². The fourth-order valence-electron chi connectivity index (χ4n) is 2.24. The van der Waals surface area contributed by atoms with Gasteiger partial charge in [0.05, 0.1) is 18.2 Å². The quantitative estimate of drug-likeness (QED) is 0.829. The molecule has 2 aromatic heterocycles. The zero-order valence-corrected chi connectivity index (χ0v) is 10.8. The van der Waals surface area contributed by atoms with Gasteiger partial charge in [0.25, 0.3) is 5.56 Å². The smallest absolute Gasteiger partial charge is 0.268 e. The summed E-state index contributed by atoms with van der Waals surface area (Å²) in [6, 6.07) is 1.86. The van der Waals surface area contributed by atoms with Crippen molar-refractivity contribution in [2.75, 3.05) is 0 Å². The second-order valence-corrected chi connectivity index (χ2v) is 5.41. The second kappa shape index (κ2) is 5.17. The number of hydrogen-bond donors (Lipinski definition) is 2. The van der Waals surface area contributed by atoms with Gasteiger partial charge in [-0.15, -0.1) is 11.3 Å². The molecule has 0 radical (unpaired) electrons. The molecular weight excluding hydrogens is 250 g/mol. The maximum Gasteiger partial charge on any atom is 0.268 e. The van der Waals surface area contributed by atoms with E-state index in [2.05, 4.69) is 15.4 Å². The molecule has 5 nitrogen and oxygen atoms in total. The van der Waals surface area contributed by atoms with Gasteiger partial charge in [0.2, 0.25) is 0 Å². The largest absolute Gasteiger partial charge is 0.308 e. The molecule has 96 valence electrons. The Morgan fingerprint density at radius 1 is 1.50 bits per heavy atom. The van der Waals surface area contributed by atoms with E-state index in [1.165, 1.54) is 24.2 Å². The van der Waals surface area contributed by atoms with Crippen LogP contribution in [-0.4, -0.2) is 16.1 Å². The van der Waals surface area contributed by atoms with Gasteiger partial charge in [-0.25, -0.2) is 4.98 Å². The summed E-state index contributed by atoms with van der Waals surface area (Å²) in [5.41, 5.74) is 3.57. The van der Waals surface area contributed by atoms with Crippen molar-refractivity contribution in [1.82, 2.24) is 15.4 Å². The van der Waals surface area contributed by atoms with E-state index in [4.69, 9.17) is 4.84 Å². The van der Waals surface area contributed by atoms with Gasteiger partial charge in [-0.1, -0.05) is 12.8 Å². The molecule has 0 spiro atoms. The molecule has 1 aliphatic rings. The second-order valence-electron chi connectivity index (χ2n) is 4.49. The van der Waals surface area contributed by atoms with Gasteiger partial charge in [-0.2, -0.15) is 5.48 Å². The lowest BCUT2D eigenvalue weighted by Crippen LogP contribution is -2.23. The Bertz CT molecular complexity index is 586. The average Bonchev–Trinajstić information content (AvgIpc) is 2.99. The molecule has 2 heterocycles. The molecule has 1 saturated carbocycles. The van der Waals surface area contributed by atoms with E-state index in [1.807, 2.05) is 11.4 Å². The number of aromatic amines is 1. The third-order valence-corrected chi connectivity index (χ3v) is 4.06. The zero-order valence-electron chi connectivity index (χ0n) is 9.94. The summed E-state index contributed by atoms with van der Waals surface area (Å²) >= 11 is 1.41. The first-order chi connectivity index (χ1) is 8.83. The van der Waals surface area contributed by atoms with Crippen molar-refractivity contribution in [3.05, 3.63) is 27.6 Å². The summed E-state index contributed by atoms with van der Waals surface area (Å²) in [6.07, 6.45) is 5.01. The predicted octanol–water partition coefficient (Wildman–Crippen LogP) is 1.95. The molecule has 1 fully saturated rings. The maximum absolute atomic E-state index is 11.7. The van der Waals surface area contributed by atoms with Crippen LogP contribution in [-0.2, 0) is 11.4 Å². The fraction of sp³-hybridized carbons (Fsp3) is 0.500. The normalized spacial score (nSPS) is 16.7. The lowest BCUT2D eigenvalue weighted by atomic mass is 10.3. The fourth-order valence-corrected chi connectivity index (χ4v) is 2.96. The minimum atomic E-state index is -0.0762. The van der Waals surface area contributed by atoms with Crippen LogP contribution in [0.25, 0.3) is 10.2 Å². The number of hydroxylamine groups is 1. The van der Waals surface area contributed by atoms with Gasteiger partial charge in [0.1, 0.15) is 10.5 Å². The minimum Gasteiger partial charge on any atom is -0.308 e. The van der Waals surface area contributed by atoms with Gasteiger partial charge in [0.15, 0.2) is 0 Å². The molecule has 0 atom stereocenters. The Labute approximate surface area is 108 Å². The lowest BCUT2D eigenvalue weighted by Gasteiger charge is -2.10. The topological polar surface area (TPSA) is 67.0 Å². The van der Waals surface area contributed by atoms with E-state index in [-0.39, 0.29) is 5.56 Å². The summed E-state index contributed by atoms with van der Waals surface area (Å²) in [5, 5.41) is 1.87. The number of rotatable bonds is 4. The standard InChI is InChI=1S/C12H15N3O2S/c16-12-11-9(5-6-18-11)14-10(15-12)7-13-17-8-3-1-2-4-8/h5-6,8,13H,1-4,7H2,(H,14,15,16). The van der Waals surface area contributed by atoms with Crippen LogP contribution in [0.3, 0.4) is 0 Å². The van der Waals surface area contributed by atoms with Gasteiger partial charge < -0.3 is 4.98 Å². The molecule has 0 saturated heterocycles.